The molecule has 0 aromatic carbocycles. The molecule has 1 atom stereocenters. The molecule has 0 radical (unpaired) electrons. The molecule has 0 bridgehead atoms. The Balaban J connectivity index is 2.47. The maximum absolute atomic E-state index is 11.1. The zero-order valence-corrected chi connectivity index (χ0v) is 10.2. The SMILES string of the molecule is CCCNC(C#N)CSc1n[nH]c(=O)n1C. The van der Waals surface area contributed by atoms with Crippen LogP contribution in [0.3, 0.4) is 0 Å². The van der Waals surface area contributed by atoms with Crippen molar-refractivity contribution in [1.82, 2.24) is 20.1 Å². The van der Waals surface area contributed by atoms with Crippen molar-refractivity contribution in [2.75, 3.05) is 12.3 Å². The predicted molar refractivity (Wildman–Crippen MR) is 62.2 cm³/mol. The topological polar surface area (TPSA) is 86.5 Å². The van der Waals surface area contributed by atoms with Crippen molar-refractivity contribution < 1.29 is 0 Å². The predicted octanol–water partition coefficient (Wildman–Crippen LogP) is 0.0923. The Bertz CT molecular complexity index is 418. The van der Waals surface area contributed by atoms with Gasteiger partial charge in [0.25, 0.3) is 0 Å². The van der Waals surface area contributed by atoms with Crippen LogP contribution in [0.5, 0.6) is 0 Å². The van der Waals surface area contributed by atoms with Crippen molar-refractivity contribution in [3.05, 3.63) is 10.5 Å². The summed E-state index contributed by atoms with van der Waals surface area (Å²) in [5, 5.41) is 18.8. The molecule has 0 aliphatic heterocycles. The van der Waals surface area contributed by atoms with Gasteiger partial charge in [0.2, 0.25) is 0 Å². The van der Waals surface area contributed by atoms with Gasteiger partial charge < -0.3 is 5.32 Å². The lowest BCUT2D eigenvalue weighted by molar-refractivity contribution is 0.636. The van der Waals surface area contributed by atoms with Gasteiger partial charge in [-0.25, -0.2) is 9.89 Å². The van der Waals surface area contributed by atoms with Crippen LogP contribution in [-0.2, 0) is 7.05 Å². The first-order valence-electron chi connectivity index (χ1n) is 5.06. The first kappa shape index (κ1) is 12.8. The lowest BCUT2D eigenvalue weighted by atomic mass is 10.3. The van der Waals surface area contributed by atoms with E-state index in [0.29, 0.717) is 10.9 Å². The van der Waals surface area contributed by atoms with Crippen molar-refractivity contribution in [2.45, 2.75) is 24.5 Å². The van der Waals surface area contributed by atoms with Crippen LogP contribution in [0, 0.1) is 11.3 Å². The number of H-pyrrole nitrogens is 1. The number of hydrogen-bond acceptors (Lipinski definition) is 5. The van der Waals surface area contributed by atoms with Crippen molar-refractivity contribution >= 4 is 11.8 Å². The quantitative estimate of drug-likeness (QED) is 0.689. The molecule has 7 heteroatoms. The molecule has 1 heterocycles. The summed E-state index contributed by atoms with van der Waals surface area (Å²) in [5.41, 5.74) is -0.238. The van der Waals surface area contributed by atoms with Gasteiger partial charge in [-0.3, -0.25) is 4.57 Å². The minimum Gasteiger partial charge on any atom is -0.301 e. The third-order valence-electron chi connectivity index (χ3n) is 2.01. The molecule has 0 saturated heterocycles. The van der Waals surface area contributed by atoms with E-state index in [2.05, 4.69) is 21.6 Å². The maximum atomic E-state index is 11.1. The highest BCUT2D eigenvalue weighted by molar-refractivity contribution is 7.99. The van der Waals surface area contributed by atoms with Gasteiger partial charge in [0, 0.05) is 12.8 Å². The first-order chi connectivity index (χ1) is 7.69. The number of rotatable bonds is 6. The highest BCUT2D eigenvalue weighted by Crippen LogP contribution is 2.12. The number of nitrogens with one attached hydrogen (secondary N) is 2. The molecule has 1 aromatic heterocycles. The van der Waals surface area contributed by atoms with Gasteiger partial charge in [0.05, 0.1) is 6.07 Å². The molecule has 2 N–H and O–H groups in total. The smallest absolute Gasteiger partial charge is 0.301 e. The molecule has 1 unspecified atom stereocenters. The highest BCUT2D eigenvalue weighted by Gasteiger charge is 2.10. The molecule has 0 aliphatic rings. The minimum absolute atomic E-state index is 0.211. The molecule has 0 fully saturated rings. The third kappa shape index (κ3) is 3.40. The van der Waals surface area contributed by atoms with E-state index in [1.54, 1.807) is 7.05 Å². The van der Waals surface area contributed by atoms with E-state index < -0.39 is 0 Å². The molecule has 6 nitrogen and oxygen atoms in total. The Morgan fingerprint density at radius 3 is 3.00 bits per heavy atom. The van der Waals surface area contributed by atoms with Crippen molar-refractivity contribution in [1.29, 1.82) is 5.26 Å². The van der Waals surface area contributed by atoms with E-state index in [1.165, 1.54) is 16.3 Å². The van der Waals surface area contributed by atoms with Crippen LogP contribution in [0.1, 0.15) is 13.3 Å². The molecule has 0 aliphatic carbocycles. The van der Waals surface area contributed by atoms with Crippen LogP contribution in [-0.4, -0.2) is 33.1 Å². The summed E-state index contributed by atoms with van der Waals surface area (Å²) in [6.45, 7) is 2.87. The normalized spacial score (nSPS) is 12.3. The number of nitrogens with zero attached hydrogens (tertiary/aromatic N) is 3. The molecule has 1 rings (SSSR count). The zero-order valence-electron chi connectivity index (χ0n) is 9.36. The second-order valence-electron chi connectivity index (χ2n) is 3.32. The Hall–Kier alpha value is -1.26. The fourth-order valence-electron chi connectivity index (χ4n) is 1.08. The standard InChI is InChI=1S/C9H15N5OS/c1-3-4-11-7(5-10)6-16-9-13-12-8(15)14(9)2/h7,11H,3-4,6H2,1-2H3,(H,12,15). The Kier molecular flexibility index (Phi) is 5.08. The number of nitriles is 1. The van der Waals surface area contributed by atoms with Crippen molar-refractivity contribution in [3.63, 3.8) is 0 Å². The van der Waals surface area contributed by atoms with Crippen LogP contribution in [0.2, 0.25) is 0 Å². The fourth-order valence-corrected chi connectivity index (χ4v) is 1.97. The van der Waals surface area contributed by atoms with Gasteiger partial charge >= 0.3 is 5.69 Å². The summed E-state index contributed by atoms with van der Waals surface area (Å²) in [5.74, 6) is 0.578. The fraction of sp³-hybridized carbons (Fsp3) is 0.667. The van der Waals surface area contributed by atoms with Crippen LogP contribution in [0.15, 0.2) is 9.95 Å². The minimum atomic E-state index is -0.238. The lowest BCUT2D eigenvalue weighted by Crippen LogP contribution is -2.30. The molecular weight excluding hydrogens is 226 g/mol. The molecule has 16 heavy (non-hydrogen) atoms. The Morgan fingerprint density at radius 2 is 2.50 bits per heavy atom. The second kappa shape index (κ2) is 6.35. The summed E-state index contributed by atoms with van der Waals surface area (Å²) in [4.78, 5) is 11.1. The van der Waals surface area contributed by atoms with E-state index in [9.17, 15) is 4.79 Å². The van der Waals surface area contributed by atoms with Crippen molar-refractivity contribution in [2.24, 2.45) is 7.05 Å². The van der Waals surface area contributed by atoms with Gasteiger partial charge in [0.15, 0.2) is 5.16 Å². The van der Waals surface area contributed by atoms with Crippen molar-refractivity contribution in [3.8, 4) is 6.07 Å². The van der Waals surface area contributed by atoms with E-state index in [4.69, 9.17) is 5.26 Å². The number of thioether (sulfide) groups is 1. The van der Waals surface area contributed by atoms with Gasteiger partial charge in [-0.1, -0.05) is 18.7 Å². The van der Waals surface area contributed by atoms with E-state index >= 15 is 0 Å². The number of hydrogen-bond donors (Lipinski definition) is 2. The number of aromatic nitrogens is 3. The largest absolute Gasteiger partial charge is 0.343 e. The Labute approximate surface area is 98.0 Å². The summed E-state index contributed by atoms with van der Waals surface area (Å²) in [6.07, 6.45) is 0.990. The average molecular weight is 241 g/mol. The zero-order chi connectivity index (χ0) is 12.0. The molecule has 1 aromatic rings. The van der Waals surface area contributed by atoms with E-state index in [1.807, 2.05) is 6.92 Å². The molecule has 0 spiro atoms. The molecule has 0 amide bonds. The number of aromatic amines is 1. The average Bonchev–Trinajstić information content (AvgIpc) is 2.61. The summed E-state index contributed by atoms with van der Waals surface area (Å²) >= 11 is 1.39. The molecule has 88 valence electrons. The monoisotopic (exact) mass is 241 g/mol. The summed E-state index contributed by atoms with van der Waals surface area (Å²) in [6, 6.07) is 1.96. The maximum Gasteiger partial charge on any atom is 0.343 e. The lowest BCUT2D eigenvalue weighted by Gasteiger charge is -2.09. The summed E-state index contributed by atoms with van der Waals surface area (Å²) in [7, 11) is 1.65. The Morgan fingerprint density at radius 1 is 1.75 bits per heavy atom. The van der Waals surface area contributed by atoms with Crippen LogP contribution >= 0.6 is 11.8 Å². The highest BCUT2D eigenvalue weighted by atomic mass is 32.2. The van der Waals surface area contributed by atoms with Crippen LogP contribution in [0.4, 0.5) is 0 Å². The van der Waals surface area contributed by atoms with Crippen LogP contribution in [0.25, 0.3) is 0 Å². The van der Waals surface area contributed by atoms with Gasteiger partial charge in [0.1, 0.15) is 6.04 Å². The van der Waals surface area contributed by atoms with Crippen LogP contribution < -0.4 is 11.0 Å². The summed E-state index contributed by atoms with van der Waals surface area (Å²) < 4.78 is 1.43. The third-order valence-corrected chi connectivity index (χ3v) is 3.14. The first-order valence-corrected chi connectivity index (χ1v) is 6.04. The van der Waals surface area contributed by atoms with E-state index in [-0.39, 0.29) is 11.7 Å². The molecular formula is C9H15N5OS. The van der Waals surface area contributed by atoms with Gasteiger partial charge in [-0.2, -0.15) is 5.26 Å². The van der Waals surface area contributed by atoms with Gasteiger partial charge in [-0.05, 0) is 13.0 Å². The van der Waals surface area contributed by atoms with Gasteiger partial charge in [-0.15, -0.1) is 5.10 Å². The van der Waals surface area contributed by atoms with E-state index in [0.717, 1.165) is 13.0 Å². The molecule has 0 saturated carbocycles. The second-order valence-corrected chi connectivity index (χ2v) is 4.30.